The van der Waals surface area contributed by atoms with Gasteiger partial charge >= 0.3 is 0 Å². The van der Waals surface area contributed by atoms with Crippen molar-refractivity contribution in [2.24, 2.45) is 5.92 Å². The summed E-state index contributed by atoms with van der Waals surface area (Å²) in [6, 6.07) is 1.46. The van der Waals surface area contributed by atoms with E-state index in [2.05, 4.69) is 24.0 Å². The predicted octanol–water partition coefficient (Wildman–Crippen LogP) is 3.60. The van der Waals surface area contributed by atoms with Crippen LogP contribution in [0, 0.1) is 5.92 Å². The molecule has 2 saturated heterocycles. The van der Waals surface area contributed by atoms with E-state index in [0.29, 0.717) is 6.04 Å². The van der Waals surface area contributed by atoms with Crippen LogP contribution in [0.3, 0.4) is 0 Å². The van der Waals surface area contributed by atoms with E-state index in [-0.39, 0.29) is 5.60 Å². The topological polar surface area (TPSA) is 21.3 Å². The van der Waals surface area contributed by atoms with Crippen LogP contribution in [0.5, 0.6) is 0 Å². The molecule has 0 amide bonds. The quantitative estimate of drug-likeness (QED) is 0.833. The lowest BCUT2D eigenvalue weighted by atomic mass is 9.85. The first-order chi connectivity index (χ1) is 9.30. The maximum Gasteiger partial charge on any atom is 0.0713 e. The van der Waals surface area contributed by atoms with E-state index in [9.17, 15) is 0 Å². The first kappa shape index (κ1) is 14.2. The number of rotatable bonds is 5. The average Bonchev–Trinajstić information content (AvgIpc) is 3.23. The zero-order chi connectivity index (χ0) is 13.1. The first-order valence-electron chi connectivity index (χ1n) is 8.27. The third kappa shape index (κ3) is 3.89. The van der Waals surface area contributed by atoms with Gasteiger partial charge in [-0.1, -0.05) is 19.8 Å². The van der Waals surface area contributed by atoms with Crippen LogP contribution in [0.2, 0.25) is 0 Å². The third-order valence-corrected chi connectivity index (χ3v) is 6.16. The van der Waals surface area contributed by atoms with Crippen molar-refractivity contribution >= 4 is 11.8 Å². The summed E-state index contributed by atoms with van der Waals surface area (Å²) in [7, 11) is 0. The Morgan fingerprint density at radius 3 is 2.74 bits per heavy atom. The average molecular weight is 283 g/mol. The van der Waals surface area contributed by atoms with Gasteiger partial charge in [0, 0.05) is 18.7 Å². The van der Waals surface area contributed by atoms with Gasteiger partial charge < -0.3 is 10.1 Å². The van der Waals surface area contributed by atoms with Gasteiger partial charge in [0.1, 0.15) is 0 Å². The molecule has 2 heterocycles. The van der Waals surface area contributed by atoms with Crippen LogP contribution in [-0.4, -0.2) is 35.8 Å². The summed E-state index contributed by atoms with van der Waals surface area (Å²) >= 11 is 2.10. The third-order valence-electron chi connectivity index (χ3n) is 5.18. The van der Waals surface area contributed by atoms with E-state index in [1.165, 1.54) is 62.9 Å². The lowest BCUT2D eigenvalue weighted by Crippen LogP contribution is -2.51. The van der Waals surface area contributed by atoms with Gasteiger partial charge in [-0.3, -0.25) is 0 Å². The summed E-state index contributed by atoms with van der Waals surface area (Å²) in [4.78, 5) is 0. The van der Waals surface area contributed by atoms with Gasteiger partial charge in [0.15, 0.2) is 0 Å². The molecule has 1 N–H and O–H groups in total. The molecule has 1 spiro atoms. The highest BCUT2D eigenvalue weighted by atomic mass is 32.2. The van der Waals surface area contributed by atoms with Crippen molar-refractivity contribution in [2.45, 2.75) is 76.0 Å². The van der Waals surface area contributed by atoms with Gasteiger partial charge in [-0.25, -0.2) is 0 Å². The molecule has 1 aliphatic carbocycles. The second-order valence-corrected chi connectivity index (χ2v) is 8.01. The van der Waals surface area contributed by atoms with Gasteiger partial charge in [0.2, 0.25) is 0 Å². The second kappa shape index (κ2) is 6.36. The number of nitrogens with one attached hydrogen (secondary N) is 1. The highest BCUT2D eigenvalue weighted by molar-refractivity contribution is 7.99. The van der Waals surface area contributed by atoms with Gasteiger partial charge in [-0.15, -0.1) is 0 Å². The van der Waals surface area contributed by atoms with Crippen LogP contribution in [0.25, 0.3) is 0 Å². The molecule has 0 aromatic heterocycles. The monoisotopic (exact) mass is 283 g/mol. The van der Waals surface area contributed by atoms with Crippen molar-refractivity contribution < 1.29 is 4.74 Å². The molecule has 3 fully saturated rings. The van der Waals surface area contributed by atoms with E-state index >= 15 is 0 Å². The molecule has 0 radical (unpaired) electrons. The van der Waals surface area contributed by atoms with Crippen LogP contribution in [0.4, 0.5) is 0 Å². The fourth-order valence-corrected chi connectivity index (χ4v) is 4.94. The minimum Gasteiger partial charge on any atom is -0.375 e. The minimum atomic E-state index is 0.235. The maximum absolute atomic E-state index is 6.19. The number of ether oxygens (including phenoxy) is 1. The van der Waals surface area contributed by atoms with Crippen LogP contribution in [0.1, 0.15) is 58.3 Å². The second-order valence-electron chi connectivity index (χ2n) is 6.78. The molecule has 0 aromatic carbocycles. The van der Waals surface area contributed by atoms with Crippen molar-refractivity contribution in [3.63, 3.8) is 0 Å². The molecule has 0 aromatic rings. The molecule has 19 heavy (non-hydrogen) atoms. The summed E-state index contributed by atoms with van der Waals surface area (Å²) < 4.78 is 6.19. The standard InChI is InChI=1S/C16H29NOS/c1-2-14(11-13-3-4-13)17-15-5-8-18-16(12-15)6-9-19-10-7-16/h13-15,17H,2-12H2,1H3. The normalized spacial score (nSPS) is 32.4. The Morgan fingerprint density at radius 2 is 2.05 bits per heavy atom. The number of thioether (sulfide) groups is 1. The molecule has 1 saturated carbocycles. The molecule has 0 bridgehead atoms. The van der Waals surface area contributed by atoms with Crippen LogP contribution in [-0.2, 0) is 4.74 Å². The molecule has 3 aliphatic rings. The molecule has 2 unspecified atom stereocenters. The van der Waals surface area contributed by atoms with E-state index in [1.54, 1.807) is 0 Å². The Balaban J connectivity index is 1.51. The summed E-state index contributed by atoms with van der Waals surface area (Å²) in [5.41, 5.74) is 0.235. The van der Waals surface area contributed by atoms with Gasteiger partial charge in [-0.05, 0) is 55.9 Å². The van der Waals surface area contributed by atoms with Crippen molar-refractivity contribution in [2.75, 3.05) is 18.1 Å². The molecule has 3 heteroatoms. The fraction of sp³-hybridized carbons (Fsp3) is 1.00. The van der Waals surface area contributed by atoms with Crippen LogP contribution in [0.15, 0.2) is 0 Å². The maximum atomic E-state index is 6.19. The summed E-state index contributed by atoms with van der Waals surface area (Å²) in [5.74, 6) is 3.63. The van der Waals surface area contributed by atoms with Crippen molar-refractivity contribution in [3.05, 3.63) is 0 Å². The molecule has 2 aliphatic heterocycles. The van der Waals surface area contributed by atoms with E-state index in [4.69, 9.17) is 4.74 Å². The molecule has 3 rings (SSSR count). The first-order valence-corrected chi connectivity index (χ1v) is 9.43. The smallest absolute Gasteiger partial charge is 0.0713 e. The summed E-state index contributed by atoms with van der Waals surface area (Å²) in [6.07, 6.45) is 10.7. The van der Waals surface area contributed by atoms with E-state index < -0.39 is 0 Å². The van der Waals surface area contributed by atoms with Gasteiger partial charge in [0.05, 0.1) is 5.60 Å². The summed E-state index contributed by atoms with van der Waals surface area (Å²) in [6.45, 7) is 3.31. The fourth-order valence-electron chi connectivity index (χ4n) is 3.70. The molecular formula is C16H29NOS. The zero-order valence-electron chi connectivity index (χ0n) is 12.3. The number of hydrogen-bond donors (Lipinski definition) is 1. The number of hydrogen-bond acceptors (Lipinski definition) is 3. The van der Waals surface area contributed by atoms with Crippen molar-refractivity contribution in [3.8, 4) is 0 Å². The Hall–Kier alpha value is 0.270. The lowest BCUT2D eigenvalue weighted by Gasteiger charge is -2.44. The Kier molecular flexibility index (Phi) is 4.76. The van der Waals surface area contributed by atoms with Crippen molar-refractivity contribution in [1.82, 2.24) is 5.32 Å². The highest BCUT2D eigenvalue weighted by Gasteiger charge is 2.39. The van der Waals surface area contributed by atoms with Crippen LogP contribution < -0.4 is 5.32 Å². The Morgan fingerprint density at radius 1 is 1.26 bits per heavy atom. The molecular weight excluding hydrogens is 254 g/mol. The molecule has 2 atom stereocenters. The molecule has 110 valence electrons. The summed E-state index contributed by atoms with van der Waals surface area (Å²) in [5, 5.41) is 3.96. The molecule has 2 nitrogen and oxygen atoms in total. The van der Waals surface area contributed by atoms with E-state index in [0.717, 1.165) is 18.6 Å². The van der Waals surface area contributed by atoms with Gasteiger partial charge in [-0.2, -0.15) is 11.8 Å². The Bertz CT molecular complexity index is 281. The predicted molar refractivity (Wildman–Crippen MR) is 82.8 cm³/mol. The van der Waals surface area contributed by atoms with Crippen LogP contribution >= 0.6 is 11.8 Å². The SMILES string of the molecule is CCC(CC1CC1)NC1CCOC2(CCSCC2)C1. The highest BCUT2D eigenvalue weighted by Crippen LogP contribution is 2.38. The van der Waals surface area contributed by atoms with E-state index in [1.807, 2.05) is 0 Å². The zero-order valence-corrected chi connectivity index (χ0v) is 13.1. The van der Waals surface area contributed by atoms with Crippen molar-refractivity contribution in [1.29, 1.82) is 0 Å². The lowest BCUT2D eigenvalue weighted by molar-refractivity contribution is -0.0943. The largest absolute Gasteiger partial charge is 0.375 e. The minimum absolute atomic E-state index is 0.235. The Labute approximate surface area is 122 Å². The van der Waals surface area contributed by atoms with Gasteiger partial charge in [0.25, 0.3) is 0 Å².